The number of likely N-dealkylation sites (N-methyl/N-ethyl adjacent to an activating group) is 2. The smallest absolute Gasteiger partial charge is 0.108 e. The minimum Gasteiger partial charge on any atom is -0.334 e. The second kappa shape index (κ2) is 7.79. The third-order valence-electron chi connectivity index (χ3n) is 4.62. The molecule has 0 aliphatic heterocycles. The van der Waals surface area contributed by atoms with Gasteiger partial charge in [-0.25, -0.2) is 4.98 Å². The zero-order valence-electron chi connectivity index (χ0n) is 13.4. The van der Waals surface area contributed by atoms with E-state index in [1.165, 1.54) is 38.1 Å². The summed E-state index contributed by atoms with van der Waals surface area (Å²) in [6.45, 7) is 6.66. The fourth-order valence-corrected chi connectivity index (χ4v) is 3.10. The van der Waals surface area contributed by atoms with Gasteiger partial charge in [0.15, 0.2) is 0 Å². The first-order chi connectivity index (χ1) is 9.70. The molecule has 0 radical (unpaired) electrons. The standard InChI is InChI=1S/C16H30N4/c1-4-16-17-9-10-20(16)14-12-18(2)11-13-19(3)15-7-5-6-8-15/h9-10,15H,4-8,11-14H2,1-3H3. The molecule has 114 valence electrons. The Morgan fingerprint density at radius 1 is 1.20 bits per heavy atom. The fourth-order valence-electron chi connectivity index (χ4n) is 3.10. The van der Waals surface area contributed by atoms with Crippen LogP contribution in [0.15, 0.2) is 12.4 Å². The van der Waals surface area contributed by atoms with Crippen LogP contribution in [0.5, 0.6) is 0 Å². The highest BCUT2D eigenvalue weighted by Crippen LogP contribution is 2.21. The van der Waals surface area contributed by atoms with E-state index >= 15 is 0 Å². The van der Waals surface area contributed by atoms with E-state index in [1.807, 2.05) is 6.20 Å². The summed E-state index contributed by atoms with van der Waals surface area (Å²) < 4.78 is 2.27. The summed E-state index contributed by atoms with van der Waals surface area (Å²) in [5.41, 5.74) is 0. The maximum atomic E-state index is 4.38. The molecule has 1 aliphatic carbocycles. The summed E-state index contributed by atoms with van der Waals surface area (Å²) in [5, 5.41) is 0. The van der Waals surface area contributed by atoms with Crippen molar-refractivity contribution >= 4 is 0 Å². The van der Waals surface area contributed by atoms with E-state index < -0.39 is 0 Å². The molecule has 1 aromatic rings. The van der Waals surface area contributed by atoms with E-state index in [-0.39, 0.29) is 0 Å². The lowest BCUT2D eigenvalue weighted by atomic mass is 10.2. The molecule has 20 heavy (non-hydrogen) atoms. The Balaban J connectivity index is 1.66. The number of rotatable bonds is 8. The highest BCUT2D eigenvalue weighted by Gasteiger charge is 2.19. The van der Waals surface area contributed by atoms with Crippen molar-refractivity contribution in [2.75, 3.05) is 33.7 Å². The van der Waals surface area contributed by atoms with E-state index in [1.54, 1.807) is 0 Å². The van der Waals surface area contributed by atoms with Crippen LogP contribution in [0.4, 0.5) is 0 Å². The average Bonchev–Trinajstić information content (AvgIpc) is 3.12. The molecular weight excluding hydrogens is 248 g/mol. The Bertz CT molecular complexity index is 382. The van der Waals surface area contributed by atoms with Crippen molar-refractivity contribution in [1.29, 1.82) is 0 Å². The SMILES string of the molecule is CCc1nccn1CCN(C)CCN(C)C1CCCC1. The largest absolute Gasteiger partial charge is 0.334 e. The van der Waals surface area contributed by atoms with E-state index in [4.69, 9.17) is 0 Å². The van der Waals surface area contributed by atoms with Crippen LogP contribution in [-0.4, -0.2) is 59.1 Å². The molecule has 1 saturated carbocycles. The van der Waals surface area contributed by atoms with Gasteiger partial charge in [0.2, 0.25) is 0 Å². The van der Waals surface area contributed by atoms with Crippen molar-refractivity contribution in [3.8, 4) is 0 Å². The van der Waals surface area contributed by atoms with E-state index in [9.17, 15) is 0 Å². The summed E-state index contributed by atoms with van der Waals surface area (Å²) in [6.07, 6.45) is 10.7. The number of imidazole rings is 1. The summed E-state index contributed by atoms with van der Waals surface area (Å²) in [6, 6.07) is 0.837. The van der Waals surface area contributed by atoms with Crippen LogP contribution in [-0.2, 0) is 13.0 Å². The van der Waals surface area contributed by atoms with Crippen molar-refractivity contribution in [3.05, 3.63) is 18.2 Å². The first-order valence-corrected chi connectivity index (χ1v) is 8.09. The van der Waals surface area contributed by atoms with Crippen LogP contribution in [0.1, 0.15) is 38.4 Å². The zero-order valence-corrected chi connectivity index (χ0v) is 13.4. The lowest BCUT2D eigenvalue weighted by molar-refractivity contribution is 0.204. The molecule has 0 spiro atoms. The predicted octanol–water partition coefficient (Wildman–Crippen LogP) is 2.25. The molecule has 1 heterocycles. The van der Waals surface area contributed by atoms with Crippen molar-refractivity contribution in [1.82, 2.24) is 19.4 Å². The van der Waals surface area contributed by atoms with Gasteiger partial charge in [-0.3, -0.25) is 0 Å². The highest BCUT2D eigenvalue weighted by molar-refractivity contribution is 4.91. The van der Waals surface area contributed by atoms with Crippen molar-refractivity contribution in [2.24, 2.45) is 0 Å². The van der Waals surface area contributed by atoms with E-state index in [2.05, 4.69) is 46.6 Å². The quantitative estimate of drug-likeness (QED) is 0.729. The van der Waals surface area contributed by atoms with Gasteiger partial charge < -0.3 is 14.4 Å². The second-order valence-electron chi connectivity index (χ2n) is 6.11. The van der Waals surface area contributed by atoms with Gasteiger partial charge in [-0.05, 0) is 26.9 Å². The third kappa shape index (κ3) is 4.32. The van der Waals surface area contributed by atoms with Gasteiger partial charge in [-0.15, -0.1) is 0 Å². The van der Waals surface area contributed by atoms with Crippen LogP contribution in [0.3, 0.4) is 0 Å². The summed E-state index contributed by atoms with van der Waals surface area (Å²) >= 11 is 0. The second-order valence-corrected chi connectivity index (χ2v) is 6.11. The number of hydrogen-bond donors (Lipinski definition) is 0. The Kier molecular flexibility index (Phi) is 6.05. The molecule has 0 atom stereocenters. The monoisotopic (exact) mass is 278 g/mol. The number of hydrogen-bond acceptors (Lipinski definition) is 3. The molecule has 1 fully saturated rings. The molecule has 2 rings (SSSR count). The van der Waals surface area contributed by atoms with Crippen LogP contribution < -0.4 is 0 Å². The van der Waals surface area contributed by atoms with Crippen molar-refractivity contribution in [2.45, 2.75) is 51.6 Å². The van der Waals surface area contributed by atoms with Gasteiger partial charge in [0.25, 0.3) is 0 Å². The first kappa shape index (κ1) is 15.5. The normalized spacial score (nSPS) is 16.6. The molecule has 4 nitrogen and oxygen atoms in total. The first-order valence-electron chi connectivity index (χ1n) is 8.09. The van der Waals surface area contributed by atoms with Crippen molar-refractivity contribution < 1.29 is 0 Å². The van der Waals surface area contributed by atoms with Gasteiger partial charge in [0.05, 0.1) is 0 Å². The molecule has 0 saturated heterocycles. The maximum absolute atomic E-state index is 4.38. The van der Waals surface area contributed by atoms with E-state index in [0.717, 1.165) is 32.1 Å². The van der Waals surface area contributed by atoms with Crippen molar-refractivity contribution in [3.63, 3.8) is 0 Å². The minimum absolute atomic E-state index is 0.837. The van der Waals surface area contributed by atoms with Gasteiger partial charge in [-0.2, -0.15) is 0 Å². The minimum atomic E-state index is 0.837. The molecule has 1 aliphatic rings. The summed E-state index contributed by atoms with van der Waals surface area (Å²) in [7, 11) is 4.51. The van der Waals surface area contributed by atoms with Crippen LogP contribution >= 0.6 is 0 Å². The lowest BCUT2D eigenvalue weighted by Crippen LogP contribution is -2.37. The van der Waals surface area contributed by atoms with Gasteiger partial charge in [-0.1, -0.05) is 19.8 Å². The van der Waals surface area contributed by atoms with Crippen LogP contribution in [0.2, 0.25) is 0 Å². The Morgan fingerprint density at radius 3 is 2.65 bits per heavy atom. The number of aromatic nitrogens is 2. The summed E-state index contributed by atoms with van der Waals surface area (Å²) in [5.74, 6) is 1.20. The zero-order chi connectivity index (χ0) is 14.4. The van der Waals surface area contributed by atoms with Gasteiger partial charge in [0.1, 0.15) is 5.82 Å². The van der Waals surface area contributed by atoms with Crippen LogP contribution in [0.25, 0.3) is 0 Å². The predicted molar refractivity (Wildman–Crippen MR) is 84.0 cm³/mol. The topological polar surface area (TPSA) is 24.3 Å². The fraction of sp³-hybridized carbons (Fsp3) is 0.812. The molecule has 1 aromatic heterocycles. The molecule has 0 aromatic carbocycles. The Hall–Kier alpha value is -0.870. The molecule has 0 amide bonds. The number of aryl methyl sites for hydroxylation is 1. The molecule has 4 heteroatoms. The molecule has 0 N–H and O–H groups in total. The van der Waals surface area contributed by atoms with Crippen LogP contribution in [0, 0.1) is 0 Å². The Labute approximate surface area is 123 Å². The molecule has 0 unspecified atom stereocenters. The number of nitrogens with zero attached hydrogens (tertiary/aromatic N) is 4. The lowest BCUT2D eigenvalue weighted by Gasteiger charge is -2.26. The maximum Gasteiger partial charge on any atom is 0.108 e. The molecule has 0 bridgehead atoms. The van der Waals surface area contributed by atoms with E-state index in [0.29, 0.717) is 0 Å². The van der Waals surface area contributed by atoms with Gasteiger partial charge in [0, 0.05) is 51.0 Å². The third-order valence-corrected chi connectivity index (χ3v) is 4.62. The van der Waals surface area contributed by atoms with Gasteiger partial charge >= 0.3 is 0 Å². The Morgan fingerprint density at radius 2 is 1.95 bits per heavy atom. The highest BCUT2D eigenvalue weighted by atomic mass is 15.2. The average molecular weight is 278 g/mol. The molecular formula is C16H30N4. The summed E-state index contributed by atoms with van der Waals surface area (Å²) in [4.78, 5) is 9.36.